The summed E-state index contributed by atoms with van der Waals surface area (Å²) >= 11 is 0. The van der Waals surface area contributed by atoms with E-state index >= 15 is 0 Å². The van der Waals surface area contributed by atoms with E-state index in [-0.39, 0.29) is 0 Å². The number of fused-ring (bicyclic) bond motifs is 1. The molecule has 0 spiro atoms. The lowest BCUT2D eigenvalue weighted by Crippen LogP contribution is -2.08. The summed E-state index contributed by atoms with van der Waals surface area (Å²) in [7, 11) is 0. The Kier molecular flexibility index (Phi) is 3.97. The monoisotopic (exact) mass is 302 g/mol. The summed E-state index contributed by atoms with van der Waals surface area (Å²) in [6.45, 7) is 0. The summed E-state index contributed by atoms with van der Waals surface area (Å²) in [5, 5.41) is 0. The van der Waals surface area contributed by atoms with E-state index in [1.54, 1.807) is 17.5 Å². The van der Waals surface area contributed by atoms with Crippen molar-refractivity contribution in [3.05, 3.63) is 89.0 Å². The lowest BCUT2D eigenvalue weighted by atomic mass is 9.86. The first-order chi connectivity index (χ1) is 11.4. The normalized spacial score (nSPS) is 15.1. The van der Waals surface area contributed by atoms with E-state index in [0.717, 1.165) is 6.42 Å². The Hall–Kier alpha value is -2.35. The number of hydrogen-bond acceptors (Lipinski definition) is 1. The minimum atomic E-state index is 0.334. The molecule has 0 fully saturated rings. The highest BCUT2D eigenvalue weighted by molar-refractivity contribution is 5.37. The SMILES string of the molecule is c1ccc(C(Cc2ccc3c(c2)CCCC3)c2cnc[nH]2)cc1. The van der Waals surface area contributed by atoms with E-state index in [4.69, 9.17) is 0 Å². The summed E-state index contributed by atoms with van der Waals surface area (Å²) in [6.07, 6.45) is 9.90. The van der Waals surface area contributed by atoms with E-state index in [0.29, 0.717) is 5.92 Å². The van der Waals surface area contributed by atoms with E-state index in [2.05, 4.69) is 58.5 Å². The molecular formula is C21H22N2. The van der Waals surface area contributed by atoms with Gasteiger partial charge in [-0.3, -0.25) is 0 Å². The molecule has 1 aliphatic rings. The average molecular weight is 302 g/mol. The predicted octanol–water partition coefficient (Wildman–Crippen LogP) is 4.66. The Bertz CT molecular complexity index is 760. The van der Waals surface area contributed by atoms with Gasteiger partial charge in [-0.1, -0.05) is 48.5 Å². The molecule has 2 aromatic carbocycles. The summed E-state index contributed by atoms with van der Waals surface area (Å²) in [5.41, 5.74) is 7.07. The van der Waals surface area contributed by atoms with Gasteiger partial charge >= 0.3 is 0 Å². The molecule has 0 amide bonds. The minimum Gasteiger partial charge on any atom is -0.348 e. The molecule has 0 bridgehead atoms. The van der Waals surface area contributed by atoms with Gasteiger partial charge in [0.05, 0.1) is 6.33 Å². The second kappa shape index (κ2) is 6.41. The van der Waals surface area contributed by atoms with Gasteiger partial charge in [0.2, 0.25) is 0 Å². The Morgan fingerprint density at radius 2 is 1.78 bits per heavy atom. The van der Waals surface area contributed by atoms with Crippen molar-refractivity contribution in [3.63, 3.8) is 0 Å². The van der Waals surface area contributed by atoms with E-state index < -0.39 is 0 Å². The van der Waals surface area contributed by atoms with Gasteiger partial charge in [0.15, 0.2) is 0 Å². The largest absolute Gasteiger partial charge is 0.348 e. The molecule has 0 saturated carbocycles. The van der Waals surface area contributed by atoms with Crippen molar-refractivity contribution in [1.29, 1.82) is 0 Å². The molecule has 1 aromatic heterocycles. The number of nitrogens with zero attached hydrogens (tertiary/aromatic N) is 1. The summed E-state index contributed by atoms with van der Waals surface area (Å²) in [4.78, 5) is 7.53. The van der Waals surface area contributed by atoms with Crippen LogP contribution in [0.3, 0.4) is 0 Å². The molecule has 0 aliphatic heterocycles. The number of benzene rings is 2. The predicted molar refractivity (Wildman–Crippen MR) is 93.7 cm³/mol. The smallest absolute Gasteiger partial charge is 0.0921 e. The summed E-state index contributed by atoms with van der Waals surface area (Å²) in [5.74, 6) is 0.334. The standard InChI is InChI=1S/C21H22N2/c1-2-7-18(8-3-1)20(21-14-22-15-23-21)13-16-10-11-17-6-4-5-9-19(17)12-16/h1-3,7-8,10-12,14-15,20H,4-6,9,13H2,(H,22,23). The minimum absolute atomic E-state index is 0.334. The van der Waals surface area contributed by atoms with Gasteiger partial charge in [-0.05, 0) is 54.4 Å². The number of aryl methyl sites for hydroxylation is 2. The third-order valence-electron chi connectivity index (χ3n) is 4.95. The summed E-state index contributed by atoms with van der Waals surface area (Å²) < 4.78 is 0. The molecule has 116 valence electrons. The van der Waals surface area contributed by atoms with E-state index in [1.165, 1.54) is 42.5 Å². The van der Waals surface area contributed by atoms with Gasteiger partial charge in [-0.25, -0.2) is 4.98 Å². The molecule has 23 heavy (non-hydrogen) atoms. The van der Waals surface area contributed by atoms with Crippen LogP contribution >= 0.6 is 0 Å². The van der Waals surface area contributed by atoms with Crippen LogP contribution in [-0.4, -0.2) is 9.97 Å². The zero-order chi connectivity index (χ0) is 15.5. The maximum absolute atomic E-state index is 4.22. The molecule has 1 atom stereocenters. The summed E-state index contributed by atoms with van der Waals surface area (Å²) in [6, 6.07) is 17.8. The molecule has 1 N–H and O–H groups in total. The van der Waals surface area contributed by atoms with E-state index in [9.17, 15) is 0 Å². The van der Waals surface area contributed by atoms with Gasteiger partial charge in [0, 0.05) is 17.8 Å². The topological polar surface area (TPSA) is 28.7 Å². The molecule has 0 saturated heterocycles. The number of hydrogen-bond donors (Lipinski definition) is 1. The van der Waals surface area contributed by atoms with Crippen LogP contribution in [0.25, 0.3) is 0 Å². The second-order valence-electron chi connectivity index (χ2n) is 6.48. The zero-order valence-corrected chi connectivity index (χ0v) is 13.3. The fraction of sp³-hybridized carbons (Fsp3) is 0.286. The number of H-pyrrole nitrogens is 1. The van der Waals surface area contributed by atoms with Crippen molar-refractivity contribution in [2.75, 3.05) is 0 Å². The third-order valence-corrected chi connectivity index (χ3v) is 4.95. The molecule has 1 aliphatic carbocycles. The Labute approximate surface area is 137 Å². The van der Waals surface area contributed by atoms with Gasteiger partial charge in [0.25, 0.3) is 0 Å². The Balaban J connectivity index is 1.66. The van der Waals surface area contributed by atoms with Gasteiger partial charge in [-0.15, -0.1) is 0 Å². The van der Waals surface area contributed by atoms with Crippen LogP contribution in [0.4, 0.5) is 0 Å². The fourth-order valence-corrected chi connectivity index (χ4v) is 3.70. The van der Waals surface area contributed by atoms with E-state index in [1.807, 2.05) is 6.20 Å². The molecule has 0 radical (unpaired) electrons. The Morgan fingerprint density at radius 1 is 0.957 bits per heavy atom. The first-order valence-corrected chi connectivity index (χ1v) is 8.54. The molecule has 2 nitrogen and oxygen atoms in total. The van der Waals surface area contributed by atoms with Crippen molar-refractivity contribution in [1.82, 2.24) is 9.97 Å². The van der Waals surface area contributed by atoms with Crippen LogP contribution in [0.1, 0.15) is 46.7 Å². The highest BCUT2D eigenvalue weighted by Gasteiger charge is 2.17. The van der Waals surface area contributed by atoms with Crippen molar-refractivity contribution >= 4 is 0 Å². The van der Waals surface area contributed by atoms with Crippen LogP contribution in [-0.2, 0) is 19.3 Å². The Morgan fingerprint density at radius 3 is 2.57 bits per heavy atom. The number of nitrogens with one attached hydrogen (secondary N) is 1. The van der Waals surface area contributed by atoms with Gasteiger partial charge < -0.3 is 4.98 Å². The first-order valence-electron chi connectivity index (χ1n) is 8.54. The van der Waals surface area contributed by atoms with Gasteiger partial charge in [0.1, 0.15) is 0 Å². The number of aromatic nitrogens is 2. The first kappa shape index (κ1) is 14.3. The van der Waals surface area contributed by atoms with Crippen molar-refractivity contribution in [2.24, 2.45) is 0 Å². The van der Waals surface area contributed by atoms with Crippen LogP contribution < -0.4 is 0 Å². The molecule has 1 heterocycles. The second-order valence-corrected chi connectivity index (χ2v) is 6.48. The van der Waals surface area contributed by atoms with Crippen molar-refractivity contribution in [3.8, 4) is 0 Å². The third kappa shape index (κ3) is 3.07. The highest BCUT2D eigenvalue weighted by atomic mass is 14.9. The zero-order valence-electron chi connectivity index (χ0n) is 13.3. The molecular weight excluding hydrogens is 280 g/mol. The lowest BCUT2D eigenvalue weighted by Gasteiger charge is -2.20. The average Bonchev–Trinajstić information content (AvgIpc) is 3.14. The van der Waals surface area contributed by atoms with Crippen LogP contribution in [0.5, 0.6) is 0 Å². The van der Waals surface area contributed by atoms with Crippen LogP contribution in [0.2, 0.25) is 0 Å². The number of imidazole rings is 1. The highest BCUT2D eigenvalue weighted by Crippen LogP contribution is 2.29. The maximum atomic E-state index is 4.22. The molecule has 2 heteroatoms. The van der Waals surface area contributed by atoms with Crippen LogP contribution in [0, 0.1) is 0 Å². The number of rotatable bonds is 4. The fourth-order valence-electron chi connectivity index (χ4n) is 3.70. The quantitative estimate of drug-likeness (QED) is 0.746. The van der Waals surface area contributed by atoms with Crippen molar-refractivity contribution in [2.45, 2.75) is 38.0 Å². The maximum Gasteiger partial charge on any atom is 0.0921 e. The van der Waals surface area contributed by atoms with Gasteiger partial charge in [-0.2, -0.15) is 0 Å². The molecule has 1 unspecified atom stereocenters. The molecule has 3 aromatic rings. The lowest BCUT2D eigenvalue weighted by molar-refractivity contribution is 0.682. The number of aromatic amines is 1. The van der Waals surface area contributed by atoms with Crippen molar-refractivity contribution < 1.29 is 0 Å². The van der Waals surface area contributed by atoms with Crippen LogP contribution in [0.15, 0.2) is 61.1 Å². The molecule has 4 rings (SSSR count).